The maximum atomic E-state index is 14.1. The van der Waals surface area contributed by atoms with E-state index in [9.17, 15) is 27.1 Å². The molecule has 2 heterocycles. The van der Waals surface area contributed by atoms with Gasteiger partial charge in [0.15, 0.2) is 5.03 Å². The van der Waals surface area contributed by atoms with E-state index in [-0.39, 0.29) is 22.7 Å². The minimum atomic E-state index is -3.91. The van der Waals surface area contributed by atoms with Crippen LogP contribution in [0.2, 0.25) is 0 Å². The van der Waals surface area contributed by atoms with Gasteiger partial charge in [0.25, 0.3) is 10.0 Å². The molecule has 0 saturated heterocycles. The molecule has 3 N–H and O–H groups in total. The van der Waals surface area contributed by atoms with E-state index in [1.165, 1.54) is 44.6 Å². The number of halogens is 2. The highest BCUT2D eigenvalue weighted by Gasteiger charge is 2.27. The summed E-state index contributed by atoms with van der Waals surface area (Å²) in [5.41, 5.74) is 1.83. The molecule has 0 spiro atoms. The standard InChI is InChI=1S/C30H31F2N5O4S/c1-17-7-9-24(28-26(17)29(36-37(28)6)42(40,41)33-5)23-10-8-22(11-12-30(3,4)39)35-27(23)25(34-18(2)38)15-19-13-20(31)16-21(32)14-19/h7-10,13-14,16,25,33,39H,15H2,1-6H3,(H,34,38)/t25-/m0/s1. The quantitative estimate of drug-likeness (QED) is 0.280. The van der Waals surface area contributed by atoms with Crippen LogP contribution < -0.4 is 10.0 Å². The van der Waals surface area contributed by atoms with Gasteiger partial charge < -0.3 is 10.4 Å². The molecule has 1 amide bonds. The number of nitrogens with zero attached hydrogens (tertiary/aromatic N) is 3. The Bertz CT molecular complexity index is 1850. The van der Waals surface area contributed by atoms with Gasteiger partial charge in [-0.3, -0.25) is 9.48 Å². The number of aliphatic hydroxyl groups is 1. The van der Waals surface area contributed by atoms with Gasteiger partial charge in [-0.05, 0) is 75.6 Å². The summed E-state index contributed by atoms with van der Waals surface area (Å²) in [5, 5.41) is 17.5. The number of amides is 1. The SMILES string of the molecule is CNS(=O)(=O)c1nn(C)c2c(-c3ccc(C#CC(C)(C)O)nc3[C@H](Cc3cc(F)cc(F)c3)NC(C)=O)ccc(C)c12. The lowest BCUT2D eigenvalue weighted by Gasteiger charge is -2.22. The summed E-state index contributed by atoms with van der Waals surface area (Å²) in [7, 11) is -0.987. The minimum absolute atomic E-state index is 0.0175. The predicted octanol–water partition coefficient (Wildman–Crippen LogP) is 3.67. The van der Waals surface area contributed by atoms with Gasteiger partial charge >= 0.3 is 0 Å². The van der Waals surface area contributed by atoms with Crippen molar-refractivity contribution < 1.29 is 27.1 Å². The molecule has 4 aromatic rings. The number of pyridine rings is 1. The number of benzene rings is 2. The maximum Gasteiger partial charge on any atom is 0.260 e. The molecular formula is C30H31F2N5O4S. The zero-order chi connectivity index (χ0) is 31.0. The van der Waals surface area contributed by atoms with Crippen LogP contribution in [0.25, 0.3) is 22.0 Å². The highest BCUT2D eigenvalue weighted by molar-refractivity contribution is 7.89. The van der Waals surface area contributed by atoms with E-state index in [1.54, 1.807) is 38.2 Å². The van der Waals surface area contributed by atoms with Gasteiger partial charge in [0, 0.05) is 36.6 Å². The van der Waals surface area contributed by atoms with Crippen molar-refractivity contribution in [2.24, 2.45) is 7.05 Å². The van der Waals surface area contributed by atoms with Gasteiger partial charge in [-0.25, -0.2) is 26.9 Å². The van der Waals surface area contributed by atoms with Gasteiger partial charge in [0.2, 0.25) is 5.91 Å². The Labute approximate surface area is 243 Å². The molecule has 42 heavy (non-hydrogen) atoms. The lowest BCUT2D eigenvalue weighted by Crippen LogP contribution is -2.29. The number of aryl methyl sites for hydroxylation is 2. The van der Waals surface area contributed by atoms with E-state index in [4.69, 9.17) is 4.98 Å². The van der Waals surface area contributed by atoms with Crippen LogP contribution in [0, 0.1) is 30.4 Å². The van der Waals surface area contributed by atoms with Gasteiger partial charge in [0.1, 0.15) is 22.9 Å². The van der Waals surface area contributed by atoms with Crippen molar-refractivity contribution in [1.29, 1.82) is 0 Å². The van der Waals surface area contributed by atoms with Gasteiger partial charge in [0.05, 0.1) is 17.3 Å². The lowest BCUT2D eigenvalue weighted by atomic mass is 9.93. The zero-order valence-corrected chi connectivity index (χ0v) is 24.8. The van der Waals surface area contributed by atoms with Crippen LogP contribution in [0.5, 0.6) is 0 Å². The van der Waals surface area contributed by atoms with Crippen LogP contribution >= 0.6 is 0 Å². The molecule has 2 aromatic heterocycles. The second kappa shape index (κ2) is 11.6. The second-order valence-electron chi connectivity index (χ2n) is 10.5. The molecule has 0 fully saturated rings. The zero-order valence-electron chi connectivity index (χ0n) is 24.0. The number of aromatic nitrogens is 3. The molecule has 0 aliphatic rings. The van der Waals surface area contributed by atoms with E-state index >= 15 is 0 Å². The van der Waals surface area contributed by atoms with Crippen molar-refractivity contribution in [2.75, 3.05) is 7.05 Å². The number of carbonyl (C=O) groups excluding carboxylic acids is 1. The summed E-state index contributed by atoms with van der Waals surface area (Å²) < 4.78 is 57.6. The van der Waals surface area contributed by atoms with E-state index in [0.717, 1.165) is 6.07 Å². The van der Waals surface area contributed by atoms with E-state index in [1.807, 2.05) is 0 Å². The molecule has 9 nitrogen and oxygen atoms in total. The first-order valence-corrected chi connectivity index (χ1v) is 14.5. The molecule has 0 saturated carbocycles. The molecule has 0 bridgehead atoms. The molecule has 220 valence electrons. The molecule has 4 rings (SSSR count). The third kappa shape index (κ3) is 6.65. The number of hydrogen-bond acceptors (Lipinski definition) is 6. The lowest BCUT2D eigenvalue weighted by molar-refractivity contribution is -0.119. The Hall–Kier alpha value is -4.18. The van der Waals surface area contributed by atoms with E-state index in [0.29, 0.717) is 33.3 Å². The molecule has 1 atom stereocenters. The maximum absolute atomic E-state index is 14.1. The molecular weight excluding hydrogens is 564 g/mol. The molecule has 0 aliphatic carbocycles. The van der Waals surface area contributed by atoms with Crippen LogP contribution in [0.15, 0.2) is 47.5 Å². The molecule has 12 heteroatoms. The highest BCUT2D eigenvalue weighted by atomic mass is 32.2. The van der Waals surface area contributed by atoms with Crippen molar-refractivity contribution in [2.45, 2.75) is 50.8 Å². The second-order valence-corrected chi connectivity index (χ2v) is 12.3. The highest BCUT2D eigenvalue weighted by Crippen LogP contribution is 2.37. The number of nitrogens with one attached hydrogen (secondary N) is 2. The van der Waals surface area contributed by atoms with E-state index < -0.39 is 39.2 Å². The minimum Gasteiger partial charge on any atom is -0.378 e. The largest absolute Gasteiger partial charge is 0.378 e. The average molecular weight is 596 g/mol. The summed E-state index contributed by atoms with van der Waals surface area (Å²) in [6.07, 6.45) is -0.0175. The van der Waals surface area contributed by atoms with Gasteiger partial charge in [-0.2, -0.15) is 5.10 Å². The van der Waals surface area contributed by atoms with Gasteiger partial charge in [-0.1, -0.05) is 18.1 Å². The van der Waals surface area contributed by atoms with Crippen molar-refractivity contribution in [3.05, 3.63) is 76.6 Å². The summed E-state index contributed by atoms with van der Waals surface area (Å²) >= 11 is 0. The topological polar surface area (TPSA) is 126 Å². The van der Waals surface area contributed by atoms with Crippen LogP contribution in [-0.2, 0) is 28.3 Å². The van der Waals surface area contributed by atoms with Crippen molar-refractivity contribution in [1.82, 2.24) is 24.8 Å². The Balaban J connectivity index is 2.03. The number of rotatable bonds is 7. The first-order chi connectivity index (χ1) is 19.6. The van der Waals surface area contributed by atoms with Crippen molar-refractivity contribution >= 4 is 26.8 Å². The third-order valence-corrected chi connectivity index (χ3v) is 7.80. The average Bonchev–Trinajstić information content (AvgIpc) is 3.25. The monoisotopic (exact) mass is 595 g/mol. The third-order valence-electron chi connectivity index (χ3n) is 6.47. The van der Waals surface area contributed by atoms with E-state index in [2.05, 4.69) is 27.0 Å². The molecule has 0 aliphatic heterocycles. The molecule has 2 aromatic carbocycles. The Morgan fingerprint density at radius 2 is 1.76 bits per heavy atom. The van der Waals surface area contributed by atoms with Crippen molar-refractivity contribution in [3.63, 3.8) is 0 Å². The summed E-state index contributed by atoms with van der Waals surface area (Å²) in [5.74, 6) is 3.61. The first kappa shape index (κ1) is 30.8. The smallest absolute Gasteiger partial charge is 0.260 e. The van der Waals surface area contributed by atoms with Crippen LogP contribution in [0.3, 0.4) is 0 Å². The summed E-state index contributed by atoms with van der Waals surface area (Å²) in [6, 6.07) is 9.16. The number of fused-ring (bicyclic) bond motifs is 1. The predicted molar refractivity (Wildman–Crippen MR) is 155 cm³/mol. The Morgan fingerprint density at radius 3 is 2.36 bits per heavy atom. The number of sulfonamides is 1. The fraction of sp³-hybridized carbons (Fsp3) is 0.300. The summed E-state index contributed by atoms with van der Waals surface area (Å²) in [6.45, 7) is 6.14. The number of carbonyl (C=O) groups is 1. The van der Waals surface area contributed by atoms with Crippen molar-refractivity contribution in [3.8, 4) is 23.0 Å². The molecule has 0 radical (unpaired) electrons. The Morgan fingerprint density at radius 1 is 1.12 bits per heavy atom. The first-order valence-electron chi connectivity index (χ1n) is 13.0. The fourth-order valence-electron chi connectivity index (χ4n) is 4.72. The Kier molecular flexibility index (Phi) is 8.50. The van der Waals surface area contributed by atoms with Crippen LogP contribution in [0.4, 0.5) is 8.78 Å². The van der Waals surface area contributed by atoms with Crippen LogP contribution in [0.1, 0.15) is 49.3 Å². The fourth-order valence-corrected chi connectivity index (χ4v) is 5.67. The molecule has 0 unspecified atom stereocenters. The number of hydrogen-bond donors (Lipinski definition) is 3. The van der Waals surface area contributed by atoms with Crippen LogP contribution in [-0.4, -0.2) is 46.8 Å². The van der Waals surface area contributed by atoms with Gasteiger partial charge in [-0.15, -0.1) is 0 Å². The summed E-state index contributed by atoms with van der Waals surface area (Å²) in [4.78, 5) is 17.1. The normalized spacial score (nSPS) is 12.6.